The third-order valence-corrected chi connectivity index (χ3v) is 3.06. The number of ketones is 1. The molecule has 1 fully saturated rings. The summed E-state index contributed by atoms with van der Waals surface area (Å²) in [6.45, 7) is 4.20. The number of carbonyl (C=O) groups is 1. The maximum absolute atomic E-state index is 11.3. The Balaban J connectivity index is 2.33. The average molecular weight is 137 g/mol. The van der Waals surface area contributed by atoms with E-state index in [9.17, 15) is 4.79 Å². The Kier molecular flexibility index (Phi) is 0.908. The molecule has 2 rings (SSSR count). The van der Waals surface area contributed by atoms with E-state index in [4.69, 9.17) is 0 Å². The normalized spacial score (nSPS) is 50.8. The highest BCUT2D eigenvalue weighted by Crippen LogP contribution is 2.55. The van der Waals surface area contributed by atoms with Crippen LogP contribution in [0.5, 0.6) is 0 Å². The summed E-state index contributed by atoms with van der Waals surface area (Å²) < 4.78 is 0. The van der Waals surface area contributed by atoms with Crippen LogP contribution in [0.1, 0.15) is 20.3 Å². The standard InChI is InChI=1S/C8H11NO/c1-5-6(2)8(5)7(10)3-4-9-8/h4-6H,3H2,1-2H3. The van der Waals surface area contributed by atoms with Crippen LogP contribution in [-0.2, 0) is 4.79 Å². The van der Waals surface area contributed by atoms with Gasteiger partial charge in [0, 0.05) is 12.6 Å². The number of hydrogen-bond acceptors (Lipinski definition) is 2. The second-order valence-electron chi connectivity index (χ2n) is 3.34. The number of carbonyl (C=O) groups excluding carboxylic acids is 1. The van der Waals surface area contributed by atoms with Gasteiger partial charge in [-0.15, -0.1) is 0 Å². The zero-order valence-electron chi connectivity index (χ0n) is 6.29. The fourth-order valence-electron chi connectivity index (χ4n) is 2.01. The van der Waals surface area contributed by atoms with Crippen molar-refractivity contribution >= 4 is 12.0 Å². The molecule has 0 saturated heterocycles. The molecule has 54 valence electrons. The Hall–Kier alpha value is -0.660. The number of nitrogens with zero attached hydrogens (tertiary/aromatic N) is 1. The number of aliphatic imine (C=N–C) groups is 1. The molecule has 0 bridgehead atoms. The van der Waals surface area contributed by atoms with Gasteiger partial charge in [-0.25, -0.2) is 0 Å². The van der Waals surface area contributed by atoms with Crippen LogP contribution in [0.3, 0.4) is 0 Å². The molecule has 10 heavy (non-hydrogen) atoms. The minimum absolute atomic E-state index is 0.250. The van der Waals surface area contributed by atoms with Gasteiger partial charge >= 0.3 is 0 Å². The third kappa shape index (κ3) is 0.425. The van der Waals surface area contributed by atoms with Gasteiger partial charge in [-0.1, -0.05) is 13.8 Å². The molecule has 2 aliphatic rings. The van der Waals surface area contributed by atoms with Gasteiger partial charge in [0.25, 0.3) is 0 Å². The lowest BCUT2D eigenvalue weighted by molar-refractivity contribution is -0.119. The number of hydrogen-bond donors (Lipinski definition) is 0. The summed E-state index contributed by atoms with van der Waals surface area (Å²) in [6, 6.07) is 0. The molecule has 2 heteroatoms. The molecule has 0 aromatic heterocycles. The zero-order valence-corrected chi connectivity index (χ0v) is 6.29. The SMILES string of the molecule is CC1C(C)C12N=CCC2=O. The topological polar surface area (TPSA) is 29.4 Å². The molecule has 0 radical (unpaired) electrons. The summed E-state index contributed by atoms with van der Waals surface area (Å²) in [6.07, 6.45) is 2.33. The Labute approximate surface area is 60.3 Å². The zero-order chi connectivity index (χ0) is 7.35. The molecule has 0 amide bonds. The van der Waals surface area contributed by atoms with Gasteiger partial charge in [0.2, 0.25) is 0 Å². The minimum Gasteiger partial charge on any atom is -0.297 e. The minimum atomic E-state index is -0.250. The van der Waals surface area contributed by atoms with Crippen LogP contribution in [0.4, 0.5) is 0 Å². The Bertz CT molecular complexity index is 211. The van der Waals surface area contributed by atoms with Crippen molar-refractivity contribution in [2.45, 2.75) is 25.8 Å². The molecule has 1 saturated carbocycles. The van der Waals surface area contributed by atoms with Crippen molar-refractivity contribution in [1.29, 1.82) is 0 Å². The first-order valence-corrected chi connectivity index (χ1v) is 3.76. The highest BCUT2D eigenvalue weighted by molar-refractivity contribution is 6.06. The monoisotopic (exact) mass is 137 g/mol. The van der Waals surface area contributed by atoms with Gasteiger partial charge in [-0.3, -0.25) is 9.79 Å². The first-order valence-electron chi connectivity index (χ1n) is 3.76. The molecule has 1 aliphatic heterocycles. The Morgan fingerprint density at radius 3 is 2.40 bits per heavy atom. The molecular weight excluding hydrogens is 126 g/mol. The smallest absolute Gasteiger partial charge is 0.166 e. The quantitative estimate of drug-likeness (QED) is 0.490. The van der Waals surface area contributed by atoms with Crippen molar-refractivity contribution in [2.24, 2.45) is 16.8 Å². The summed E-state index contributed by atoms with van der Waals surface area (Å²) in [5.74, 6) is 1.30. The predicted molar refractivity (Wildman–Crippen MR) is 39.2 cm³/mol. The van der Waals surface area contributed by atoms with Gasteiger partial charge < -0.3 is 0 Å². The van der Waals surface area contributed by atoms with E-state index in [1.165, 1.54) is 0 Å². The van der Waals surface area contributed by atoms with Gasteiger partial charge in [-0.05, 0) is 11.8 Å². The lowest BCUT2D eigenvalue weighted by Crippen LogP contribution is -2.18. The third-order valence-electron chi connectivity index (χ3n) is 3.06. The molecule has 1 spiro atoms. The van der Waals surface area contributed by atoms with Crippen molar-refractivity contribution in [3.8, 4) is 0 Å². The highest BCUT2D eigenvalue weighted by Gasteiger charge is 2.65. The molecule has 2 unspecified atom stereocenters. The van der Waals surface area contributed by atoms with Gasteiger partial charge in [0.1, 0.15) is 5.54 Å². The summed E-state index contributed by atoms with van der Waals surface area (Å²) in [5, 5.41) is 0. The van der Waals surface area contributed by atoms with E-state index in [1.807, 2.05) is 0 Å². The van der Waals surface area contributed by atoms with Crippen molar-refractivity contribution in [2.75, 3.05) is 0 Å². The lowest BCUT2D eigenvalue weighted by Gasteiger charge is -2.00. The highest BCUT2D eigenvalue weighted by atomic mass is 16.1. The van der Waals surface area contributed by atoms with E-state index in [2.05, 4.69) is 18.8 Å². The fourth-order valence-corrected chi connectivity index (χ4v) is 2.01. The second kappa shape index (κ2) is 1.49. The van der Waals surface area contributed by atoms with Gasteiger partial charge in [0.15, 0.2) is 5.78 Å². The van der Waals surface area contributed by atoms with E-state index in [1.54, 1.807) is 6.21 Å². The maximum atomic E-state index is 11.3. The van der Waals surface area contributed by atoms with E-state index in [0.29, 0.717) is 24.0 Å². The molecular formula is C8H11NO. The molecule has 0 aromatic carbocycles. The molecule has 1 heterocycles. The van der Waals surface area contributed by atoms with Crippen LogP contribution < -0.4 is 0 Å². The van der Waals surface area contributed by atoms with Crippen LogP contribution in [0.15, 0.2) is 4.99 Å². The summed E-state index contributed by atoms with van der Waals surface area (Å²) >= 11 is 0. The molecule has 0 N–H and O–H groups in total. The van der Waals surface area contributed by atoms with Crippen LogP contribution in [0.2, 0.25) is 0 Å². The van der Waals surface area contributed by atoms with Crippen LogP contribution in [0, 0.1) is 11.8 Å². The van der Waals surface area contributed by atoms with E-state index < -0.39 is 0 Å². The summed E-state index contributed by atoms with van der Waals surface area (Å²) in [7, 11) is 0. The van der Waals surface area contributed by atoms with Crippen molar-refractivity contribution in [3.63, 3.8) is 0 Å². The Morgan fingerprint density at radius 2 is 2.20 bits per heavy atom. The van der Waals surface area contributed by atoms with Gasteiger partial charge in [0.05, 0.1) is 0 Å². The summed E-state index contributed by atoms with van der Waals surface area (Å²) in [5.41, 5.74) is -0.250. The number of rotatable bonds is 0. The first kappa shape index (κ1) is 6.08. The van der Waals surface area contributed by atoms with Crippen LogP contribution >= 0.6 is 0 Å². The first-order chi connectivity index (χ1) is 4.69. The van der Waals surface area contributed by atoms with Crippen molar-refractivity contribution in [1.82, 2.24) is 0 Å². The van der Waals surface area contributed by atoms with Crippen molar-refractivity contribution in [3.05, 3.63) is 0 Å². The Morgan fingerprint density at radius 1 is 1.60 bits per heavy atom. The van der Waals surface area contributed by atoms with E-state index in [0.717, 1.165) is 0 Å². The van der Waals surface area contributed by atoms with Crippen LogP contribution in [0.25, 0.3) is 0 Å². The van der Waals surface area contributed by atoms with Crippen molar-refractivity contribution < 1.29 is 4.79 Å². The van der Waals surface area contributed by atoms with Crippen LogP contribution in [-0.4, -0.2) is 17.5 Å². The summed E-state index contributed by atoms with van der Waals surface area (Å²) in [4.78, 5) is 15.5. The van der Waals surface area contributed by atoms with E-state index in [-0.39, 0.29) is 5.54 Å². The lowest BCUT2D eigenvalue weighted by atomic mass is 10.1. The predicted octanol–water partition coefficient (Wildman–Crippen LogP) is 1.05. The van der Waals surface area contributed by atoms with E-state index >= 15 is 0 Å². The second-order valence-corrected chi connectivity index (χ2v) is 3.34. The molecule has 0 aromatic rings. The largest absolute Gasteiger partial charge is 0.297 e. The molecule has 1 aliphatic carbocycles. The number of Topliss-reactive ketones (excluding diaryl/α,β-unsaturated/α-hetero) is 1. The fraction of sp³-hybridized carbons (Fsp3) is 0.750. The molecule has 2 nitrogen and oxygen atoms in total. The molecule has 2 atom stereocenters. The van der Waals surface area contributed by atoms with Gasteiger partial charge in [-0.2, -0.15) is 0 Å². The maximum Gasteiger partial charge on any atom is 0.166 e. The average Bonchev–Trinajstić information content (AvgIpc) is 2.28.